The average Bonchev–Trinajstić information content (AvgIpc) is 2.16. The van der Waals surface area contributed by atoms with E-state index in [9.17, 15) is 8.42 Å². The van der Waals surface area contributed by atoms with E-state index in [2.05, 4.69) is 10.3 Å². The number of rotatable bonds is 5. The summed E-state index contributed by atoms with van der Waals surface area (Å²) >= 11 is 0. The van der Waals surface area contributed by atoms with Crippen LogP contribution < -0.4 is 5.32 Å². The van der Waals surface area contributed by atoms with E-state index >= 15 is 0 Å². The van der Waals surface area contributed by atoms with Gasteiger partial charge in [0.15, 0.2) is 9.84 Å². The van der Waals surface area contributed by atoms with Crippen molar-refractivity contribution in [2.24, 2.45) is 0 Å². The first-order valence-electron chi connectivity index (χ1n) is 5.31. The van der Waals surface area contributed by atoms with Gasteiger partial charge >= 0.3 is 0 Å². The number of hydrogen-bond donors (Lipinski definition) is 1. The first-order valence-corrected chi connectivity index (χ1v) is 7.13. The van der Waals surface area contributed by atoms with Crippen molar-refractivity contribution in [2.75, 3.05) is 16.8 Å². The Balaban J connectivity index is 2.62. The third-order valence-electron chi connectivity index (χ3n) is 2.23. The normalized spacial score (nSPS) is 13.4. The topological polar surface area (TPSA) is 59.1 Å². The van der Waals surface area contributed by atoms with Gasteiger partial charge in [0.05, 0.1) is 11.4 Å². The Morgan fingerprint density at radius 1 is 1.44 bits per heavy atom. The highest BCUT2D eigenvalue weighted by Crippen LogP contribution is 2.09. The Labute approximate surface area is 97.0 Å². The fraction of sp³-hybridized carbons (Fsp3) is 0.545. The maximum atomic E-state index is 11.4. The van der Waals surface area contributed by atoms with E-state index in [-0.39, 0.29) is 17.5 Å². The summed E-state index contributed by atoms with van der Waals surface area (Å²) in [6.07, 6.45) is 3.46. The van der Waals surface area contributed by atoms with Crippen LogP contribution in [0.5, 0.6) is 0 Å². The van der Waals surface area contributed by atoms with Crippen molar-refractivity contribution in [3.05, 3.63) is 24.0 Å². The van der Waals surface area contributed by atoms with Gasteiger partial charge in [-0.25, -0.2) is 8.42 Å². The second kappa shape index (κ2) is 5.30. The molecular formula is C11H18N2O2S. The Hall–Kier alpha value is -1.10. The van der Waals surface area contributed by atoms with Gasteiger partial charge in [-0.1, -0.05) is 6.92 Å². The molecule has 5 heteroatoms. The molecule has 90 valence electrons. The van der Waals surface area contributed by atoms with Gasteiger partial charge in [0.1, 0.15) is 0 Å². The summed E-state index contributed by atoms with van der Waals surface area (Å²) in [5.74, 6) is 0.336. The Kier molecular flexibility index (Phi) is 4.29. The van der Waals surface area contributed by atoms with E-state index in [1.165, 1.54) is 0 Å². The highest BCUT2D eigenvalue weighted by Gasteiger charge is 2.13. The van der Waals surface area contributed by atoms with E-state index in [1.807, 2.05) is 19.9 Å². The zero-order valence-electron chi connectivity index (χ0n) is 9.90. The van der Waals surface area contributed by atoms with Crippen LogP contribution in [-0.4, -0.2) is 30.9 Å². The van der Waals surface area contributed by atoms with E-state index in [1.54, 1.807) is 19.3 Å². The van der Waals surface area contributed by atoms with Crippen LogP contribution in [0.25, 0.3) is 0 Å². The van der Waals surface area contributed by atoms with Crippen molar-refractivity contribution >= 4 is 15.5 Å². The second-order valence-corrected chi connectivity index (χ2v) is 6.39. The lowest BCUT2D eigenvalue weighted by Gasteiger charge is -2.14. The molecule has 0 amide bonds. The maximum Gasteiger partial charge on any atom is 0.152 e. The number of sulfone groups is 1. The van der Waals surface area contributed by atoms with Gasteiger partial charge in [-0.05, 0) is 25.5 Å². The van der Waals surface area contributed by atoms with Crippen LogP contribution >= 0.6 is 0 Å². The quantitative estimate of drug-likeness (QED) is 0.852. The third-order valence-corrected chi connectivity index (χ3v) is 4.12. The summed E-state index contributed by atoms with van der Waals surface area (Å²) in [4.78, 5) is 4.04. The lowest BCUT2D eigenvalue weighted by molar-refractivity contribution is 0.593. The van der Waals surface area contributed by atoms with Gasteiger partial charge in [0, 0.05) is 24.2 Å². The predicted molar refractivity (Wildman–Crippen MR) is 66.4 cm³/mol. The molecule has 0 aliphatic rings. The van der Waals surface area contributed by atoms with Crippen LogP contribution in [0.1, 0.15) is 19.4 Å². The molecule has 0 saturated heterocycles. The standard InChI is InChI=1S/C11H18N2O2S/c1-4-16(14,15)8-10(3)13-11-5-9(2)6-12-7-11/h5-7,10,13H,4,8H2,1-3H3. The minimum Gasteiger partial charge on any atom is -0.380 e. The molecule has 1 rings (SSSR count). The number of nitrogens with one attached hydrogen (secondary N) is 1. The predicted octanol–water partition coefficient (Wildman–Crippen LogP) is 1.63. The van der Waals surface area contributed by atoms with Gasteiger partial charge in [-0.15, -0.1) is 0 Å². The van der Waals surface area contributed by atoms with E-state index in [0.29, 0.717) is 0 Å². The summed E-state index contributed by atoms with van der Waals surface area (Å²) in [5.41, 5.74) is 1.91. The number of aryl methyl sites for hydroxylation is 1. The Morgan fingerprint density at radius 2 is 2.12 bits per heavy atom. The molecule has 0 spiro atoms. The highest BCUT2D eigenvalue weighted by atomic mass is 32.2. The molecule has 0 bridgehead atoms. The first-order chi connectivity index (χ1) is 7.43. The van der Waals surface area contributed by atoms with Gasteiger partial charge in [-0.3, -0.25) is 4.98 Å². The van der Waals surface area contributed by atoms with Crippen molar-refractivity contribution in [2.45, 2.75) is 26.8 Å². The van der Waals surface area contributed by atoms with Crippen LogP contribution in [0.4, 0.5) is 5.69 Å². The van der Waals surface area contributed by atoms with Crippen LogP contribution in [0, 0.1) is 6.92 Å². The summed E-state index contributed by atoms with van der Waals surface area (Å²) < 4.78 is 22.8. The molecule has 1 atom stereocenters. The van der Waals surface area contributed by atoms with Crippen LogP contribution in [0.15, 0.2) is 18.5 Å². The molecule has 1 aromatic heterocycles. The van der Waals surface area contributed by atoms with Gasteiger partial charge in [0.2, 0.25) is 0 Å². The van der Waals surface area contributed by atoms with Crippen LogP contribution in [-0.2, 0) is 9.84 Å². The lowest BCUT2D eigenvalue weighted by Crippen LogP contribution is -2.26. The fourth-order valence-electron chi connectivity index (χ4n) is 1.46. The van der Waals surface area contributed by atoms with E-state index < -0.39 is 9.84 Å². The second-order valence-electron chi connectivity index (χ2n) is 4.00. The van der Waals surface area contributed by atoms with Crippen molar-refractivity contribution < 1.29 is 8.42 Å². The fourth-order valence-corrected chi connectivity index (χ4v) is 2.54. The molecule has 1 unspecified atom stereocenters. The number of aromatic nitrogens is 1. The van der Waals surface area contributed by atoms with Crippen molar-refractivity contribution in [1.82, 2.24) is 4.98 Å². The zero-order valence-corrected chi connectivity index (χ0v) is 10.7. The third kappa shape index (κ3) is 4.18. The number of anilines is 1. The highest BCUT2D eigenvalue weighted by molar-refractivity contribution is 7.91. The maximum absolute atomic E-state index is 11.4. The number of hydrogen-bond acceptors (Lipinski definition) is 4. The van der Waals surface area contributed by atoms with Crippen molar-refractivity contribution in [3.8, 4) is 0 Å². The van der Waals surface area contributed by atoms with Gasteiger partial charge in [-0.2, -0.15) is 0 Å². The molecule has 0 radical (unpaired) electrons. The number of nitrogens with zero attached hydrogens (tertiary/aromatic N) is 1. The minimum absolute atomic E-state index is 0.103. The molecule has 4 nitrogen and oxygen atoms in total. The smallest absolute Gasteiger partial charge is 0.152 e. The molecule has 0 aliphatic heterocycles. The minimum atomic E-state index is -2.93. The SMILES string of the molecule is CCS(=O)(=O)CC(C)Nc1cncc(C)c1. The first kappa shape index (κ1) is 13.0. The summed E-state index contributed by atoms with van der Waals surface area (Å²) in [6.45, 7) is 5.47. The van der Waals surface area contributed by atoms with Crippen LogP contribution in [0.2, 0.25) is 0 Å². The molecule has 1 N–H and O–H groups in total. The molecule has 1 aromatic rings. The van der Waals surface area contributed by atoms with Gasteiger partial charge in [0.25, 0.3) is 0 Å². The zero-order chi connectivity index (χ0) is 12.2. The monoisotopic (exact) mass is 242 g/mol. The summed E-state index contributed by atoms with van der Waals surface area (Å²) in [7, 11) is -2.93. The lowest BCUT2D eigenvalue weighted by atomic mass is 10.3. The number of pyridine rings is 1. The Morgan fingerprint density at radius 3 is 2.69 bits per heavy atom. The molecule has 16 heavy (non-hydrogen) atoms. The average molecular weight is 242 g/mol. The molecule has 0 aliphatic carbocycles. The molecule has 0 aromatic carbocycles. The van der Waals surface area contributed by atoms with Crippen molar-refractivity contribution in [1.29, 1.82) is 0 Å². The van der Waals surface area contributed by atoms with Crippen molar-refractivity contribution in [3.63, 3.8) is 0 Å². The largest absolute Gasteiger partial charge is 0.380 e. The summed E-state index contributed by atoms with van der Waals surface area (Å²) in [6, 6.07) is 1.84. The molecule has 1 heterocycles. The van der Waals surface area contributed by atoms with Gasteiger partial charge < -0.3 is 5.32 Å². The van der Waals surface area contributed by atoms with Crippen LogP contribution in [0.3, 0.4) is 0 Å². The molecular weight excluding hydrogens is 224 g/mol. The van der Waals surface area contributed by atoms with E-state index in [4.69, 9.17) is 0 Å². The Bertz CT molecular complexity index is 443. The molecule has 0 saturated carbocycles. The van der Waals surface area contributed by atoms with E-state index in [0.717, 1.165) is 11.3 Å². The molecule has 0 fully saturated rings. The summed E-state index contributed by atoms with van der Waals surface area (Å²) in [5, 5.41) is 3.13.